The highest BCUT2D eigenvalue weighted by Crippen LogP contribution is 2.42. The first-order valence-corrected chi connectivity index (χ1v) is 16.6. The molecule has 0 radical (unpaired) electrons. The minimum atomic E-state index is -0.784. The second-order valence-corrected chi connectivity index (χ2v) is 12.8. The Labute approximate surface area is 271 Å². The summed E-state index contributed by atoms with van der Waals surface area (Å²) in [5.74, 6) is -0.526. The second-order valence-electron chi connectivity index (χ2n) is 12.8. The fourth-order valence-electron chi connectivity index (χ4n) is 6.75. The summed E-state index contributed by atoms with van der Waals surface area (Å²) in [6, 6.07) is 20.3. The molecule has 6 rings (SSSR count). The number of benzene rings is 3. The lowest BCUT2D eigenvalue weighted by Gasteiger charge is -2.34. The van der Waals surface area contributed by atoms with Crippen molar-refractivity contribution in [3.8, 4) is 22.5 Å². The van der Waals surface area contributed by atoms with Gasteiger partial charge in [0, 0.05) is 85.7 Å². The Morgan fingerprint density at radius 2 is 1.70 bits per heavy atom. The largest absolute Gasteiger partial charge is 0.481 e. The molecule has 2 aromatic rings. The molecule has 1 amide bonds. The number of carboxylic acids is 1. The number of amides is 1. The fourth-order valence-corrected chi connectivity index (χ4v) is 6.75. The predicted octanol–water partition coefficient (Wildman–Crippen LogP) is 5.14. The Balaban J connectivity index is 1.44. The van der Waals surface area contributed by atoms with Gasteiger partial charge in [-0.15, -0.1) is 0 Å². The molecule has 0 aromatic heterocycles. The van der Waals surface area contributed by atoms with Gasteiger partial charge in [-0.1, -0.05) is 25.1 Å². The zero-order chi connectivity index (χ0) is 32.2. The van der Waals surface area contributed by atoms with E-state index in [1.165, 1.54) is 0 Å². The van der Waals surface area contributed by atoms with Crippen LogP contribution in [0, 0.1) is 5.92 Å². The van der Waals surface area contributed by atoms with Crippen molar-refractivity contribution >= 4 is 28.5 Å². The van der Waals surface area contributed by atoms with Gasteiger partial charge in [0.25, 0.3) is 5.91 Å². The van der Waals surface area contributed by atoms with Gasteiger partial charge in [-0.3, -0.25) is 14.6 Å². The van der Waals surface area contributed by atoms with Crippen LogP contribution >= 0.6 is 0 Å². The number of nitrogens with zero attached hydrogens (tertiary/aromatic N) is 5. The van der Waals surface area contributed by atoms with E-state index in [1.807, 2.05) is 36.4 Å². The molecule has 0 bridgehead atoms. The topological polar surface area (TPSA) is 92.8 Å². The van der Waals surface area contributed by atoms with Crippen LogP contribution in [0.4, 0.5) is 5.69 Å². The number of carbonyl (C=O) groups is 2. The van der Waals surface area contributed by atoms with Gasteiger partial charge in [0.15, 0.2) is 0 Å². The van der Waals surface area contributed by atoms with Crippen LogP contribution in [0.3, 0.4) is 0 Å². The Bertz CT molecular complexity index is 1730. The number of piperazine rings is 1. The van der Waals surface area contributed by atoms with Gasteiger partial charge in [0.2, 0.25) is 0 Å². The summed E-state index contributed by atoms with van der Waals surface area (Å²) in [5.41, 5.74) is 5.23. The van der Waals surface area contributed by atoms with Crippen LogP contribution in [0.15, 0.2) is 70.1 Å². The lowest BCUT2D eigenvalue weighted by molar-refractivity contribution is -0.143. The standard InChI is InChI=1S/C37H45N5O4/c1-4-16-39(2)19-15-38-27-9-11-31-33(24-27)46-34-25-28(41-22-20-40(3)21-23-41)10-12-32(34)35(31)29-7-5-6-8-30(29)36(43)42-17-13-26(14-18-42)37(44)45/h5-12,24-26H,4,13-23H2,1-3H3,(H,44,45). The van der Waals surface area contributed by atoms with Crippen molar-refractivity contribution in [3.05, 3.63) is 71.6 Å². The molecule has 2 fully saturated rings. The molecule has 1 aliphatic carbocycles. The van der Waals surface area contributed by atoms with Gasteiger partial charge in [0.1, 0.15) is 11.3 Å². The maximum Gasteiger partial charge on any atom is 0.306 e. The number of piperidine rings is 1. The van der Waals surface area contributed by atoms with Crippen molar-refractivity contribution in [1.29, 1.82) is 0 Å². The van der Waals surface area contributed by atoms with Crippen molar-refractivity contribution < 1.29 is 19.1 Å². The lowest BCUT2D eigenvalue weighted by Crippen LogP contribution is -2.44. The third kappa shape index (κ3) is 6.81. The second kappa shape index (κ2) is 14.1. The Morgan fingerprint density at radius 1 is 0.935 bits per heavy atom. The number of fused-ring (bicyclic) bond motifs is 2. The van der Waals surface area contributed by atoms with Crippen molar-refractivity contribution in [2.24, 2.45) is 10.9 Å². The van der Waals surface area contributed by atoms with Crippen LogP contribution in [-0.4, -0.2) is 105 Å². The summed E-state index contributed by atoms with van der Waals surface area (Å²) in [6.45, 7) is 9.61. The summed E-state index contributed by atoms with van der Waals surface area (Å²) >= 11 is 0. The Morgan fingerprint density at radius 3 is 2.43 bits per heavy atom. The quantitative estimate of drug-likeness (QED) is 0.258. The maximum absolute atomic E-state index is 14.0. The number of rotatable bonds is 9. The highest BCUT2D eigenvalue weighted by Gasteiger charge is 2.30. The van der Waals surface area contributed by atoms with E-state index in [0.29, 0.717) is 38.0 Å². The summed E-state index contributed by atoms with van der Waals surface area (Å²) < 4.78 is 6.66. The van der Waals surface area contributed by atoms with Gasteiger partial charge in [-0.2, -0.15) is 0 Å². The smallest absolute Gasteiger partial charge is 0.306 e. The third-order valence-corrected chi connectivity index (χ3v) is 9.50. The summed E-state index contributed by atoms with van der Waals surface area (Å²) in [6.07, 6.45) is 2.05. The SMILES string of the molecule is CCCN(C)CCN=c1ccc2c(-c3ccccc3C(=O)N3CCC(C(=O)O)CC3)c3ccc(N4CCN(C)CC4)cc3oc-2c1. The van der Waals surface area contributed by atoms with Gasteiger partial charge in [-0.05, 0) is 75.8 Å². The van der Waals surface area contributed by atoms with Crippen LogP contribution in [0.25, 0.3) is 33.4 Å². The molecule has 0 atom stereocenters. The van der Waals surface area contributed by atoms with Gasteiger partial charge >= 0.3 is 5.97 Å². The van der Waals surface area contributed by atoms with E-state index in [-0.39, 0.29) is 5.91 Å². The van der Waals surface area contributed by atoms with Gasteiger partial charge in [-0.25, -0.2) is 0 Å². The molecular formula is C37H45N5O4. The van der Waals surface area contributed by atoms with E-state index in [2.05, 4.69) is 60.0 Å². The molecule has 3 heterocycles. The van der Waals surface area contributed by atoms with E-state index < -0.39 is 11.9 Å². The van der Waals surface area contributed by atoms with E-state index >= 15 is 0 Å². The molecular weight excluding hydrogens is 578 g/mol. The average molecular weight is 624 g/mol. The summed E-state index contributed by atoms with van der Waals surface area (Å²) in [5, 5.41) is 11.3. The molecule has 46 heavy (non-hydrogen) atoms. The number of anilines is 1. The molecule has 3 aliphatic heterocycles. The van der Waals surface area contributed by atoms with Gasteiger partial charge < -0.3 is 29.1 Å². The molecule has 9 nitrogen and oxygen atoms in total. The van der Waals surface area contributed by atoms with E-state index in [0.717, 1.165) is 90.2 Å². The normalized spacial score (nSPS) is 17.0. The van der Waals surface area contributed by atoms with Crippen LogP contribution in [0.1, 0.15) is 36.5 Å². The summed E-state index contributed by atoms with van der Waals surface area (Å²) in [7, 11) is 4.28. The first-order valence-electron chi connectivity index (χ1n) is 16.6. The summed E-state index contributed by atoms with van der Waals surface area (Å²) in [4.78, 5) is 39.3. The Kier molecular flexibility index (Phi) is 9.70. The number of likely N-dealkylation sites (tertiary alicyclic amines) is 1. The van der Waals surface area contributed by atoms with E-state index in [4.69, 9.17) is 9.41 Å². The molecule has 2 saturated heterocycles. The van der Waals surface area contributed by atoms with E-state index in [9.17, 15) is 14.7 Å². The number of likely N-dealkylation sites (N-methyl/N-ethyl adjacent to an activating group) is 2. The minimum Gasteiger partial charge on any atom is -0.481 e. The maximum atomic E-state index is 14.0. The van der Waals surface area contributed by atoms with Gasteiger partial charge in [0.05, 0.1) is 17.8 Å². The molecule has 4 aliphatic rings. The van der Waals surface area contributed by atoms with Crippen LogP contribution in [0.5, 0.6) is 0 Å². The molecule has 9 heteroatoms. The molecule has 0 spiro atoms. The number of hydrogen-bond acceptors (Lipinski definition) is 7. The zero-order valence-corrected chi connectivity index (χ0v) is 27.2. The van der Waals surface area contributed by atoms with E-state index in [1.54, 1.807) is 4.90 Å². The minimum absolute atomic E-state index is 0.0709. The van der Waals surface area contributed by atoms with Crippen LogP contribution < -0.4 is 10.3 Å². The number of carboxylic acid groups (broad SMARTS) is 1. The molecule has 0 saturated carbocycles. The fraction of sp³-hybridized carbons (Fsp3) is 0.432. The molecule has 1 N–H and O–H groups in total. The van der Waals surface area contributed by atoms with Crippen molar-refractivity contribution in [3.63, 3.8) is 0 Å². The average Bonchev–Trinajstić information content (AvgIpc) is 3.07. The molecule has 2 aromatic carbocycles. The zero-order valence-electron chi connectivity index (χ0n) is 27.2. The Hall–Kier alpha value is -4.21. The first-order chi connectivity index (χ1) is 22.3. The molecule has 0 unspecified atom stereocenters. The number of aliphatic carboxylic acids is 1. The van der Waals surface area contributed by atoms with Crippen molar-refractivity contribution in [1.82, 2.24) is 14.7 Å². The number of hydrogen-bond donors (Lipinski definition) is 1. The highest BCUT2D eigenvalue weighted by atomic mass is 16.4. The third-order valence-electron chi connectivity index (χ3n) is 9.50. The lowest BCUT2D eigenvalue weighted by atomic mass is 9.89. The van der Waals surface area contributed by atoms with Crippen LogP contribution in [-0.2, 0) is 4.79 Å². The monoisotopic (exact) mass is 623 g/mol. The van der Waals surface area contributed by atoms with Crippen LogP contribution in [0.2, 0.25) is 0 Å². The van der Waals surface area contributed by atoms with Crippen molar-refractivity contribution in [2.75, 3.05) is 77.9 Å². The number of carbonyl (C=O) groups excluding carboxylic acids is 1. The predicted molar refractivity (Wildman–Crippen MR) is 182 cm³/mol. The first kappa shape index (κ1) is 31.8. The molecule has 242 valence electrons. The van der Waals surface area contributed by atoms with Crippen molar-refractivity contribution in [2.45, 2.75) is 26.2 Å². The highest BCUT2D eigenvalue weighted by molar-refractivity contribution is 6.09.